The molecule has 2 aromatic carbocycles. The van der Waals surface area contributed by atoms with Crippen LogP contribution in [0.25, 0.3) is 0 Å². The molecule has 0 heterocycles. The van der Waals surface area contributed by atoms with Gasteiger partial charge < -0.3 is 10.1 Å². The zero-order chi connectivity index (χ0) is 15.2. The Morgan fingerprint density at radius 2 is 1.90 bits per heavy atom. The van der Waals surface area contributed by atoms with Gasteiger partial charge >= 0.3 is 0 Å². The number of amides is 1. The Balaban J connectivity index is 1.98. The number of aryl methyl sites for hydroxylation is 1. The van der Waals surface area contributed by atoms with Gasteiger partial charge in [-0.05, 0) is 49.2 Å². The van der Waals surface area contributed by atoms with E-state index >= 15 is 0 Å². The molecule has 3 nitrogen and oxygen atoms in total. The van der Waals surface area contributed by atoms with Gasteiger partial charge in [0, 0.05) is 0 Å². The van der Waals surface area contributed by atoms with Crippen molar-refractivity contribution in [2.75, 3.05) is 11.9 Å². The number of hydrogen-bond donors (Lipinski definition) is 1. The minimum absolute atomic E-state index is 0.0927. The third kappa shape index (κ3) is 4.50. The van der Waals surface area contributed by atoms with Gasteiger partial charge in [-0.25, -0.2) is 0 Å². The van der Waals surface area contributed by atoms with Crippen LogP contribution in [0.1, 0.15) is 18.1 Å². The van der Waals surface area contributed by atoms with Crippen LogP contribution < -0.4 is 10.1 Å². The normalized spacial score (nSPS) is 10.2. The fourth-order valence-corrected chi connectivity index (χ4v) is 2.25. The van der Waals surface area contributed by atoms with Crippen LogP contribution in [0.15, 0.2) is 42.5 Å². The second kappa shape index (κ2) is 7.14. The molecule has 0 fully saturated rings. The Bertz CT molecular complexity index is 623. The Morgan fingerprint density at radius 3 is 2.52 bits per heavy atom. The summed E-state index contributed by atoms with van der Waals surface area (Å²) >= 11 is 6.10. The first-order valence-corrected chi connectivity index (χ1v) is 7.24. The van der Waals surface area contributed by atoms with E-state index in [-0.39, 0.29) is 5.91 Å². The number of benzene rings is 2. The molecule has 2 aromatic rings. The molecule has 0 atom stereocenters. The lowest BCUT2D eigenvalue weighted by Crippen LogP contribution is -2.14. The maximum Gasteiger partial charge on any atom is 0.228 e. The van der Waals surface area contributed by atoms with E-state index in [1.807, 2.05) is 56.3 Å². The first-order chi connectivity index (χ1) is 10.1. The van der Waals surface area contributed by atoms with E-state index in [2.05, 4.69) is 5.32 Å². The molecule has 0 radical (unpaired) electrons. The van der Waals surface area contributed by atoms with Gasteiger partial charge in [-0.1, -0.05) is 29.8 Å². The molecule has 0 aromatic heterocycles. The summed E-state index contributed by atoms with van der Waals surface area (Å²) in [6.07, 6.45) is 0.302. The minimum atomic E-state index is -0.0927. The molecule has 21 heavy (non-hydrogen) atoms. The molecule has 0 saturated carbocycles. The molecule has 0 aliphatic heterocycles. The fourth-order valence-electron chi connectivity index (χ4n) is 1.97. The van der Waals surface area contributed by atoms with Crippen molar-refractivity contribution < 1.29 is 9.53 Å². The number of hydrogen-bond acceptors (Lipinski definition) is 2. The summed E-state index contributed by atoms with van der Waals surface area (Å²) in [6.45, 7) is 4.52. The number of carbonyl (C=O) groups excluding carboxylic acids is 1. The van der Waals surface area contributed by atoms with E-state index in [1.165, 1.54) is 0 Å². The molecular weight excluding hydrogens is 286 g/mol. The molecule has 1 N–H and O–H groups in total. The summed E-state index contributed by atoms with van der Waals surface area (Å²) in [5, 5.41) is 3.37. The van der Waals surface area contributed by atoms with Gasteiger partial charge in [-0.15, -0.1) is 0 Å². The number of ether oxygens (including phenoxy) is 1. The summed E-state index contributed by atoms with van der Waals surface area (Å²) in [5.74, 6) is 0.716. The van der Waals surface area contributed by atoms with Crippen molar-refractivity contribution in [2.24, 2.45) is 0 Å². The van der Waals surface area contributed by atoms with Crippen molar-refractivity contribution in [3.63, 3.8) is 0 Å². The molecule has 0 saturated heterocycles. The monoisotopic (exact) mass is 303 g/mol. The van der Waals surface area contributed by atoms with Crippen LogP contribution in [0.5, 0.6) is 5.75 Å². The lowest BCUT2D eigenvalue weighted by molar-refractivity contribution is -0.115. The fraction of sp³-hybridized carbons (Fsp3) is 0.235. The van der Waals surface area contributed by atoms with Crippen molar-refractivity contribution in [2.45, 2.75) is 20.3 Å². The van der Waals surface area contributed by atoms with E-state index in [1.54, 1.807) is 0 Å². The zero-order valence-corrected chi connectivity index (χ0v) is 12.9. The van der Waals surface area contributed by atoms with Gasteiger partial charge in [0.25, 0.3) is 0 Å². The number of anilines is 1. The molecule has 0 aliphatic rings. The molecule has 2 rings (SSSR count). The lowest BCUT2D eigenvalue weighted by atomic mass is 10.1. The first-order valence-electron chi connectivity index (χ1n) is 6.86. The van der Waals surface area contributed by atoms with Crippen LogP contribution in [0.4, 0.5) is 5.69 Å². The molecule has 0 aliphatic carbocycles. The van der Waals surface area contributed by atoms with E-state index < -0.39 is 0 Å². The highest BCUT2D eigenvalue weighted by Crippen LogP contribution is 2.23. The summed E-state index contributed by atoms with van der Waals surface area (Å²) in [7, 11) is 0. The predicted octanol–water partition coefficient (Wildman–Crippen LogP) is 4.23. The molecule has 0 spiro atoms. The summed E-state index contributed by atoms with van der Waals surface area (Å²) < 4.78 is 5.37. The molecule has 1 amide bonds. The summed E-state index contributed by atoms with van der Waals surface area (Å²) in [6, 6.07) is 13.1. The van der Waals surface area contributed by atoms with Crippen LogP contribution in [-0.4, -0.2) is 12.5 Å². The quantitative estimate of drug-likeness (QED) is 0.897. The van der Waals surface area contributed by atoms with Crippen molar-refractivity contribution in [1.82, 2.24) is 0 Å². The first kappa shape index (κ1) is 15.4. The SMILES string of the molecule is CCOc1ccc(CC(=O)Nc2ccc(C)cc2Cl)cc1. The average Bonchev–Trinajstić information content (AvgIpc) is 2.44. The van der Waals surface area contributed by atoms with E-state index in [0.29, 0.717) is 23.7 Å². The van der Waals surface area contributed by atoms with Gasteiger partial charge in [0.15, 0.2) is 0 Å². The number of halogens is 1. The predicted molar refractivity (Wildman–Crippen MR) is 86.1 cm³/mol. The second-order valence-corrected chi connectivity index (χ2v) is 5.19. The van der Waals surface area contributed by atoms with Gasteiger partial charge in [-0.3, -0.25) is 4.79 Å². The lowest BCUT2D eigenvalue weighted by Gasteiger charge is -2.08. The molecule has 0 unspecified atom stereocenters. The minimum Gasteiger partial charge on any atom is -0.494 e. The van der Waals surface area contributed by atoms with E-state index in [0.717, 1.165) is 16.9 Å². The van der Waals surface area contributed by atoms with Crippen LogP contribution in [0.3, 0.4) is 0 Å². The molecule has 110 valence electrons. The Labute approximate surface area is 129 Å². The van der Waals surface area contributed by atoms with Gasteiger partial charge in [-0.2, -0.15) is 0 Å². The van der Waals surface area contributed by atoms with Crippen molar-refractivity contribution in [3.8, 4) is 5.75 Å². The van der Waals surface area contributed by atoms with Gasteiger partial charge in [0.05, 0.1) is 23.7 Å². The third-order valence-corrected chi connectivity index (χ3v) is 3.31. The van der Waals surface area contributed by atoms with Crippen molar-refractivity contribution in [3.05, 3.63) is 58.6 Å². The van der Waals surface area contributed by atoms with Gasteiger partial charge in [0.1, 0.15) is 5.75 Å². The van der Waals surface area contributed by atoms with Crippen LogP contribution >= 0.6 is 11.6 Å². The van der Waals surface area contributed by atoms with E-state index in [4.69, 9.17) is 16.3 Å². The highest BCUT2D eigenvalue weighted by Gasteiger charge is 2.07. The van der Waals surface area contributed by atoms with Crippen molar-refractivity contribution in [1.29, 1.82) is 0 Å². The zero-order valence-electron chi connectivity index (χ0n) is 12.2. The Morgan fingerprint density at radius 1 is 1.19 bits per heavy atom. The van der Waals surface area contributed by atoms with Crippen LogP contribution in [0, 0.1) is 6.92 Å². The summed E-state index contributed by atoms with van der Waals surface area (Å²) in [4.78, 5) is 12.0. The second-order valence-electron chi connectivity index (χ2n) is 4.79. The van der Waals surface area contributed by atoms with Crippen LogP contribution in [0.2, 0.25) is 5.02 Å². The topological polar surface area (TPSA) is 38.3 Å². The number of carbonyl (C=O) groups is 1. The maximum absolute atomic E-state index is 12.0. The van der Waals surface area contributed by atoms with Crippen molar-refractivity contribution >= 4 is 23.2 Å². The highest BCUT2D eigenvalue weighted by atomic mass is 35.5. The number of nitrogens with one attached hydrogen (secondary N) is 1. The number of rotatable bonds is 5. The molecular formula is C17H18ClNO2. The molecule has 4 heteroatoms. The molecule has 0 bridgehead atoms. The standard InChI is InChI=1S/C17H18ClNO2/c1-3-21-14-7-5-13(6-8-14)11-17(20)19-16-9-4-12(2)10-15(16)18/h4-10H,3,11H2,1-2H3,(H,19,20). The largest absolute Gasteiger partial charge is 0.494 e. The third-order valence-electron chi connectivity index (χ3n) is 3.00. The Hall–Kier alpha value is -2.00. The Kier molecular flexibility index (Phi) is 5.23. The average molecular weight is 304 g/mol. The van der Waals surface area contributed by atoms with Gasteiger partial charge in [0.2, 0.25) is 5.91 Å². The van der Waals surface area contributed by atoms with Crippen LogP contribution in [-0.2, 0) is 11.2 Å². The van der Waals surface area contributed by atoms with E-state index in [9.17, 15) is 4.79 Å². The summed E-state index contributed by atoms with van der Waals surface area (Å²) in [5.41, 5.74) is 2.63. The smallest absolute Gasteiger partial charge is 0.228 e. The maximum atomic E-state index is 12.0. The highest BCUT2D eigenvalue weighted by molar-refractivity contribution is 6.33.